The third kappa shape index (κ3) is 5.17. The summed E-state index contributed by atoms with van der Waals surface area (Å²) in [7, 11) is -3.52. The highest BCUT2D eigenvalue weighted by atomic mass is 32.2. The van der Waals surface area contributed by atoms with Crippen LogP contribution in [0.3, 0.4) is 0 Å². The molecular formula is C27H31FN8O2S. The zero-order valence-corrected chi connectivity index (χ0v) is 22.8. The molecule has 0 bridgehead atoms. The minimum atomic E-state index is -3.52. The van der Waals surface area contributed by atoms with E-state index in [0.29, 0.717) is 17.5 Å². The van der Waals surface area contributed by atoms with E-state index in [-0.39, 0.29) is 10.6 Å². The summed E-state index contributed by atoms with van der Waals surface area (Å²) in [6.07, 6.45) is 9.97. The number of anilines is 2. The molecule has 10 nitrogen and oxygen atoms in total. The third-order valence-electron chi connectivity index (χ3n) is 7.78. The van der Waals surface area contributed by atoms with Gasteiger partial charge in [0.15, 0.2) is 15.5 Å². The van der Waals surface area contributed by atoms with E-state index in [4.69, 9.17) is 4.98 Å². The zero-order chi connectivity index (χ0) is 27.1. The minimum absolute atomic E-state index is 0.0790. The molecule has 0 saturated carbocycles. The Hall–Kier alpha value is -3.67. The lowest BCUT2D eigenvalue weighted by atomic mass is 9.91. The largest absolute Gasteiger partial charge is 0.356 e. The van der Waals surface area contributed by atoms with Crippen molar-refractivity contribution in [2.24, 2.45) is 11.8 Å². The quantitative estimate of drug-likeness (QED) is 0.356. The maximum absolute atomic E-state index is 14.9. The van der Waals surface area contributed by atoms with Crippen LogP contribution in [0.4, 0.5) is 16.2 Å². The molecule has 3 aromatic heterocycles. The molecule has 0 spiro atoms. The highest BCUT2D eigenvalue weighted by Gasteiger charge is 2.25. The fourth-order valence-corrected chi connectivity index (χ4v) is 6.18. The van der Waals surface area contributed by atoms with E-state index in [1.165, 1.54) is 29.6 Å². The summed E-state index contributed by atoms with van der Waals surface area (Å²) in [5, 5.41) is 5.13. The van der Waals surface area contributed by atoms with E-state index in [1.54, 1.807) is 6.20 Å². The maximum Gasteiger partial charge on any atom is 0.227 e. The van der Waals surface area contributed by atoms with E-state index in [2.05, 4.69) is 36.8 Å². The molecular weight excluding hydrogens is 519 g/mol. The van der Waals surface area contributed by atoms with Crippen LogP contribution in [0, 0.1) is 17.7 Å². The molecule has 2 fully saturated rings. The Kier molecular flexibility index (Phi) is 6.66. The average molecular weight is 551 g/mol. The molecule has 204 valence electrons. The Morgan fingerprint density at radius 3 is 2.54 bits per heavy atom. The van der Waals surface area contributed by atoms with E-state index in [1.807, 2.05) is 12.3 Å². The number of rotatable bonds is 6. The molecule has 2 saturated heterocycles. The normalized spacial score (nSPS) is 18.8. The van der Waals surface area contributed by atoms with Crippen molar-refractivity contribution in [3.63, 3.8) is 0 Å². The van der Waals surface area contributed by atoms with Crippen LogP contribution in [0.2, 0.25) is 0 Å². The number of benzene rings is 1. The number of hydrogen-bond acceptors (Lipinski definition) is 9. The van der Waals surface area contributed by atoms with Crippen molar-refractivity contribution in [1.82, 2.24) is 29.7 Å². The molecule has 0 amide bonds. The fraction of sp³-hybridized carbons (Fsp3) is 0.444. The minimum Gasteiger partial charge on any atom is -0.356 e. The van der Waals surface area contributed by atoms with Gasteiger partial charge in [-0.2, -0.15) is 10.1 Å². The molecule has 1 unspecified atom stereocenters. The molecule has 12 heteroatoms. The first kappa shape index (κ1) is 25.6. The van der Waals surface area contributed by atoms with E-state index in [9.17, 15) is 12.8 Å². The molecule has 39 heavy (non-hydrogen) atoms. The van der Waals surface area contributed by atoms with E-state index >= 15 is 0 Å². The second kappa shape index (κ2) is 10.1. The van der Waals surface area contributed by atoms with Gasteiger partial charge in [-0.3, -0.25) is 0 Å². The van der Waals surface area contributed by atoms with Gasteiger partial charge in [-0.05, 0) is 61.8 Å². The van der Waals surface area contributed by atoms with Gasteiger partial charge in [0.05, 0.1) is 22.2 Å². The molecule has 2 aliphatic heterocycles. The van der Waals surface area contributed by atoms with Gasteiger partial charge < -0.3 is 9.80 Å². The van der Waals surface area contributed by atoms with Gasteiger partial charge in [-0.25, -0.2) is 32.4 Å². The van der Waals surface area contributed by atoms with Crippen LogP contribution in [-0.4, -0.2) is 70.6 Å². The summed E-state index contributed by atoms with van der Waals surface area (Å²) in [6.45, 7) is 6.11. The van der Waals surface area contributed by atoms with Gasteiger partial charge in [-0.15, -0.1) is 0 Å². The number of nitrogens with zero attached hydrogens (tertiary/aromatic N) is 8. The average Bonchev–Trinajstić information content (AvgIpc) is 3.56. The number of sulfone groups is 1. The number of hydrogen-bond donors (Lipinski definition) is 0. The van der Waals surface area contributed by atoms with Gasteiger partial charge in [0.2, 0.25) is 5.95 Å². The summed E-state index contributed by atoms with van der Waals surface area (Å²) in [5.74, 6) is 2.24. The molecule has 6 rings (SSSR count). The molecule has 1 aromatic carbocycles. The van der Waals surface area contributed by atoms with Crippen LogP contribution in [0.5, 0.6) is 0 Å². The number of aromatic nitrogens is 6. The van der Waals surface area contributed by atoms with Crippen molar-refractivity contribution in [2.75, 3.05) is 42.2 Å². The molecule has 1 atom stereocenters. The Morgan fingerprint density at radius 1 is 1.03 bits per heavy atom. The smallest absolute Gasteiger partial charge is 0.227 e. The summed E-state index contributed by atoms with van der Waals surface area (Å²) in [5.41, 5.74) is 1.50. The molecule has 0 N–H and O–H groups in total. The van der Waals surface area contributed by atoms with Crippen LogP contribution in [0.1, 0.15) is 31.9 Å². The summed E-state index contributed by atoms with van der Waals surface area (Å²) < 4.78 is 39.8. The maximum atomic E-state index is 14.9. The summed E-state index contributed by atoms with van der Waals surface area (Å²) in [4.78, 5) is 22.8. The second-order valence-electron chi connectivity index (χ2n) is 10.7. The Bertz CT molecular complexity index is 1620. The summed E-state index contributed by atoms with van der Waals surface area (Å²) in [6, 6.07) is 5.80. The van der Waals surface area contributed by atoms with Crippen LogP contribution < -0.4 is 9.80 Å². The third-order valence-corrected chi connectivity index (χ3v) is 8.89. The van der Waals surface area contributed by atoms with Crippen LogP contribution >= 0.6 is 0 Å². The molecule has 0 radical (unpaired) electrons. The Morgan fingerprint density at radius 2 is 1.82 bits per heavy atom. The van der Waals surface area contributed by atoms with E-state index in [0.717, 1.165) is 80.6 Å². The van der Waals surface area contributed by atoms with Crippen LogP contribution in [0.15, 0.2) is 47.9 Å². The molecule has 2 aliphatic rings. The molecule has 5 heterocycles. The van der Waals surface area contributed by atoms with Crippen molar-refractivity contribution >= 4 is 32.6 Å². The van der Waals surface area contributed by atoms with Crippen molar-refractivity contribution in [1.29, 1.82) is 0 Å². The van der Waals surface area contributed by atoms with Crippen molar-refractivity contribution in [3.8, 4) is 5.69 Å². The number of fused-ring (bicyclic) bond motifs is 1. The van der Waals surface area contributed by atoms with E-state index < -0.39 is 15.7 Å². The SMILES string of the molecule is CC1CCN(c2ccnc(N3CCC(Cc4ncnc5c4cnn5-c4ccc(S(C)(=O)=O)cc4F)CC3)n2)C1. The Labute approximate surface area is 226 Å². The lowest BCUT2D eigenvalue weighted by Gasteiger charge is -2.32. The Balaban J connectivity index is 1.15. The van der Waals surface area contributed by atoms with Gasteiger partial charge in [0.25, 0.3) is 0 Å². The van der Waals surface area contributed by atoms with Crippen LogP contribution in [0.25, 0.3) is 16.7 Å². The van der Waals surface area contributed by atoms with Crippen LogP contribution in [-0.2, 0) is 16.3 Å². The standard InChI is InChI=1S/C27H31FN8O2S/c1-18-6-10-35(16-18)25-5-9-29-27(33-25)34-11-7-19(8-12-34)13-23-21-15-32-36(26(21)31-17-30-23)24-4-3-20(14-22(24)28)39(2,37)38/h3-5,9,14-15,17-19H,6-8,10-13,16H2,1-2H3. The highest BCUT2D eigenvalue weighted by molar-refractivity contribution is 7.90. The number of halogens is 1. The molecule has 0 aliphatic carbocycles. The van der Waals surface area contributed by atoms with Gasteiger partial charge in [0.1, 0.15) is 23.6 Å². The predicted octanol–water partition coefficient (Wildman–Crippen LogP) is 3.45. The first-order valence-corrected chi connectivity index (χ1v) is 15.2. The van der Waals surface area contributed by atoms with Gasteiger partial charge in [0, 0.05) is 38.6 Å². The topological polar surface area (TPSA) is 110 Å². The second-order valence-corrected chi connectivity index (χ2v) is 12.7. The summed E-state index contributed by atoms with van der Waals surface area (Å²) >= 11 is 0. The lowest BCUT2D eigenvalue weighted by molar-refractivity contribution is 0.398. The fourth-order valence-electron chi connectivity index (χ4n) is 5.54. The van der Waals surface area contributed by atoms with Gasteiger partial charge >= 0.3 is 0 Å². The predicted molar refractivity (Wildman–Crippen MR) is 146 cm³/mol. The first-order chi connectivity index (χ1) is 18.8. The van der Waals surface area contributed by atoms with Crippen molar-refractivity contribution in [2.45, 2.75) is 37.5 Å². The lowest BCUT2D eigenvalue weighted by Crippen LogP contribution is -2.36. The van der Waals surface area contributed by atoms with Crippen molar-refractivity contribution < 1.29 is 12.8 Å². The number of piperidine rings is 1. The molecule has 4 aromatic rings. The van der Waals surface area contributed by atoms with Gasteiger partial charge in [-0.1, -0.05) is 6.92 Å². The highest BCUT2D eigenvalue weighted by Crippen LogP contribution is 2.29. The monoisotopic (exact) mass is 550 g/mol. The van der Waals surface area contributed by atoms with Crippen molar-refractivity contribution in [3.05, 3.63) is 54.5 Å². The zero-order valence-electron chi connectivity index (χ0n) is 22.0. The first-order valence-electron chi connectivity index (χ1n) is 13.3.